The summed E-state index contributed by atoms with van der Waals surface area (Å²) in [5.41, 5.74) is 3.02. The average molecular weight is 458 g/mol. The molecule has 172 valence electrons. The zero-order valence-electron chi connectivity index (χ0n) is 19.1. The minimum atomic E-state index is -0.402. The first kappa shape index (κ1) is 22.6. The molecule has 0 fully saturated rings. The summed E-state index contributed by atoms with van der Waals surface area (Å²) in [6, 6.07) is 12.7. The van der Waals surface area contributed by atoms with E-state index in [1.807, 2.05) is 30.3 Å². The van der Waals surface area contributed by atoms with Crippen molar-refractivity contribution >= 4 is 17.5 Å². The maximum Gasteiger partial charge on any atom is 0.291 e. The molecule has 0 unspecified atom stereocenters. The number of amides is 2. The molecular formula is C24H22N6O4. The van der Waals surface area contributed by atoms with E-state index in [1.54, 1.807) is 33.2 Å². The molecule has 0 aliphatic heterocycles. The molecule has 3 heterocycles. The first-order valence-electron chi connectivity index (χ1n) is 10.3. The summed E-state index contributed by atoms with van der Waals surface area (Å²) in [6.07, 6.45) is 3.02. The summed E-state index contributed by atoms with van der Waals surface area (Å²) in [4.78, 5) is 39.2. The molecule has 0 spiro atoms. The maximum absolute atomic E-state index is 13.1. The van der Waals surface area contributed by atoms with Crippen LogP contribution in [0.15, 0.2) is 59.4 Å². The van der Waals surface area contributed by atoms with Gasteiger partial charge in [-0.05, 0) is 19.1 Å². The summed E-state index contributed by atoms with van der Waals surface area (Å²) >= 11 is 0. The Kier molecular flexibility index (Phi) is 6.30. The van der Waals surface area contributed by atoms with E-state index in [-0.39, 0.29) is 17.6 Å². The van der Waals surface area contributed by atoms with Gasteiger partial charge in [-0.3, -0.25) is 9.59 Å². The van der Waals surface area contributed by atoms with Gasteiger partial charge in [-0.25, -0.2) is 15.0 Å². The highest BCUT2D eigenvalue weighted by Crippen LogP contribution is 2.29. The van der Waals surface area contributed by atoms with E-state index in [0.29, 0.717) is 34.0 Å². The van der Waals surface area contributed by atoms with Crippen molar-refractivity contribution in [1.29, 1.82) is 0 Å². The minimum Gasteiger partial charge on any atom is -0.479 e. The highest BCUT2D eigenvalue weighted by molar-refractivity contribution is 6.09. The number of methoxy groups -OCH3 is 1. The number of carbonyl (C=O) groups is 2. The molecule has 4 rings (SSSR count). The largest absolute Gasteiger partial charge is 0.479 e. The van der Waals surface area contributed by atoms with Crippen molar-refractivity contribution in [3.63, 3.8) is 0 Å². The van der Waals surface area contributed by atoms with Gasteiger partial charge in [0.25, 0.3) is 11.8 Å². The lowest BCUT2D eigenvalue weighted by Gasteiger charge is -2.12. The fourth-order valence-electron chi connectivity index (χ4n) is 3.24. The van der Waals surface area contributed by atoms with Crippen LogP contribution < -0.4 is 10.1 Å². The predicted octanol–water partition coefficient (Wildman–Crippen LogP) is 3.46. The van der Waals surface area contributed by atoms with Crippen LogP contribution in [0.4, 0.5) is 5.69 Å². The van der Waals surface area contributed by atoms with Crippen molar-refractivity contribution in [2.24, 2.45) is 0 Å². The highest BCUT2D eigenvalue weighted by atomic mass is 16.5. The number of nitrogens with zero attached hydrogens (tertiary/aromatic N) is 5. The van der Waals surface area contributed by atoms with Gasteiger partial charge in [0.1, 0.15) is 22.7 Å². The van der Waals surface area contributed by atoms with Crippen LogP contribution in [-0.2, 0) is 0 Å². The third-order valence-corrected chi connectivity index (χ3v) is 4.98. The Bertz CT molecular complexity index is 1330. The number of aryl methyl sites for hydroxylation is 1. The molecule has 0 aliphatic rings. The van der Waals surface area contributed by atoms with Crippen molar-refractivity contribution in [2.45, 2.75) is 6.92 Å². The van der Waals surface area contributed by atoms with Crippen molar-refractivity contribution in [2.75, 3.05) is 26.5 Å². The summed E-state index contributed by atoms with van der Waals surface area (Å²) in [6.45, 7) is 1.68. The molecule has 2 amide bonds. The van der Waals surface area contributed by atoms with Crippen LogP contribution in [-0.4, -0.2) is 58.0 Å². The van der Waals surface area contributed by atoms with Crippen molar-refractivity contribution in [1.82, 2.24) is 25.0 Å². The number of benzene rings is 1. The lowest BCUT2D eigenvalue weighted by Crippen LogP contribution is -2.23. The van der Waals surface area contributed by atoms with Gasteiger partial charge >= 0.3 is 0 Å². The van der Waals surface area contributed by atoms with Crippen LogP contribution >= 0.6 is 0 Å². The molecule has 0 radical (unpaired) electrons. The molecule has 0 bridgehead atoms. The van der Waals surface area contributed by atoms with Gasteiger partial charge in [-0.15, -0.1) is 0 Å². The number of aromatic nitrogens is 4. The van der Waals surface area contributed by atoms with Gasteiger partial charge in [0.05, 0.1) is 12.8 Å². The molecule has 4 aromatic rings. The molecule has 0 saturated heterocycles. The molecule has 0 aliphatic carbocycles. The lowest BCUT2D eigenvalue weighted by atomic mass is 10.1. The van der Waals surface area contributed by atoms with E-state index >= 15 is 0 Å². The quantitative estimate of drug-likeness (QED) is 0.466. The first-order chi connectivity index (χ1) is 16.4. The van der Waals surface area contributed by atoms with Gasteiger partial charge in [0.2, 0.25) is 11.7 Å². The molecular weight excluding hydrogens is 436 g/mol. The van der Waals surface area contributed by atoms with E-state index in [4.69, 9.17) is 9.26 Å². The van der Waals surface area contributed by atoms with Crippen molar-refractivity contribution < 1.29 is 18.8 Å². The number of ether oxygens (including phenoxy) is 1. The Morgan fingerprint density at radius 1 is 1.00 bits per heavy atom. The molecule has 0 atom stereocenters. The second-order valence-electron chi connectivity index (χ2n) is 7.53. The van der Waals surface area contributed by atoms with Gasteiger partial charge in [-0.2, -0.15) is 0 Å². The normalized spacial score (nSPS) is 10.6. The summed E-state index contributed by atoms with van der Waals surface area (Å²) in [5, 5.41) is 6.87. The van der Waals surface area contributed by atoms with E-state index in [9.17, 15) is 9.59 Å². The summed E-state index contributed by atoms with van der Waals surface area (Å²) in [7, 11) is 4.71. The number of carbonyl (C=O) groups excluding carboxylic acids is 2. The van der Waals surface area contributed by atoms with Crippen molar-refractivity contribution in [3.05, 3.63) is 72.0 Å². The monoisotopic (exact) mass is 458 g/mol. The Labute approximate surface area is 195 Å². The molecule has 3 aromatic heterocycles. The first-order valence-corrected chi connectivity index (χ1v) is 10.3. The fraction of sp³-hybridized carbons (Fsp3) is 0.167. The highest BCUT2D eigenvalue weighted by Gasteiger charge is 2.23. The van der Waals surface area contributed by atoms with Crippen LogP contribution in [0.5, 0.6) is 5.88 Å². The molecule has 0 saturated carbocycles. The zero-order valence-corrected chi connectivity index (χ0v) is 19.1. The molecule has 1 aromatic carbocycles. The number of hydrogen-bond acceptors (Lipinski definition) is 8. The molecule has 10 heteroatoms. The maximum atomic E-state index is 13.1. The zero-order chi connectivity index (χ0) is 24.2. The predicted molar refractivity (Wildman–Crippen MR) is 124 cm³/mol. The van der Waals surface area contributed by atoms with Crippen molar-refractivity contribution in [3.8, 4) is 28.4 Å². The van der Waals surface area contributed by atoms with Crippen LogP contribution in [0.1, 0.15) is 26.7 Å². The molecule has 10 nitrogen and oxygen atoms in total. The molecule has 34 heavy (non-hydrogen) atoms. The summed E-state index contributed by atoms with van der Waals surface area (Å²) < 4.78 is 10.7. The fourth-order valence-corrected chi connectivity index (χ4v) is 3.24. The van der Waals surface area contributed by atoms with E-state index in [0.717, 1.165) is 5.56 Å². The van der Waals surface area contributed by atoms with Gasteiger partial charge in [0.15, 0.2) is 0 Å². The Balaban J connectivity index is 1.60. The standard InChI is InChI=1S/C24H22N6O4/c1-14-19(20(29-34-14)15-8-6-5-7-9-15)22(31)27-18-11-10-17(28-23(18)33-4)16-12-25-21(26-13-16)24(32)30(2)3/h5-13H,1-4H3,(H,27,31). The smallest absolute Gasteiger partial charge is 0.291 e. The number of rotatable bonds is 6. The minimum absolute atomic E-state index is 0.0860. The summed E-state index contributed by atoms with van der Waals surface area (Å²) in [5.74, 6) is -0.0172. The Morgan fingerprint density at radius 2 is 1.71 bits per heavy atom. The van der Waals surface area contributed by atoms with Gasteiger partial charge in [0, 0.05) is 37.6 Å². The number of anilines is 1. The lowest BCUT2D eigenvalue weighted by molar-refractivity contribution is 0.0815. The van der Waals surface area contributed by atoms with Gasteiger partial charge in [-0.1, -0.05) is 35.5 Å². The van der Waals surface area contributed by atoms with Crippen LogP contribution in [0, 0.1) is 6.92 Å². The average Bonchev–Trinajstić information content (AvgIpc) is 3.25. The number of pyridine rings is 1. The van der Waals surface area contributed by atoms with E-state index in [1.165, 1.54) is 24.4 Å². The van der Waals surface area contributed by atoms with E-state index < -0.39 is 5.91 Å². The SMILES string of the molecule is COc1nc(-c2cnc(C(=O)N(C)C)nc2)ccc1NC(=O)c1c(-c2ccccc2)noc1C. The van der Waals surface area contributed by atoms with Crippen LogP contribution in [0.2, 0.25) is 0 Å². The second-order valence-corrected chi connectivity index (χ2v) is 7.53. The van der Waals surface area contributed by atoms with Crippen LogP contribution in [0.25, 0.3) is 22.5 Å². The second kappa shape index (κ2) is 9.49. The molecule has 1 N–H and O–H groups in total. The topological polar surface area (TPSA) is 123 Å². The number of hydrogen-bond donors (Lipinski definition) is 1. The third-order valence-electron chi connectivity index (χ3n) is 4.98. The Hall–Kier alpha value is -4.60. The van der Waals surface area contributed by atoms with Crippen LogP contribution in [0.3, 0.4) is 0 Å². The third kappa shape index (κ3) is 4.46. The number of nitrogens with one attached hydrogen (secondary N) is 1. The van der Waals surface area contributed by atoms with Gasteiger partial charge < -0.3 is 19.5 Å². The Morgan fingerprint density at radius 3 is 2.35 bits per heavy atom. The van der Waals surface area contributed by atoms with E-state index in [2.05, 4.69) is 25.4 Å².